The molecule has 0 aliphatic carbocycles. The van der Waals surface area contributed by atoms with Gasteiger partial charge in [-0.15, -0.1) is 0 Å². The second kappa shape index (κ2) is 5.55. The molecule has 110 valence electrons. The van der Waals surface area contributed by atoms with Crippen molar-refractivity contribution in [1.29, 1.82) is 0 Å². The minimum absolute atomic E-state index is 0.0379. The van der Waals surface area contributed by atoms with Crippen molar-refractivity contribution in [1.82, 2.24) is 9.97 Å². The molecule has 0 aromatic carbocycles. The number of ether oxygens (including phenoxy) is 1. The molecule has 0 radical (unpaired) electrons. The molecule has 1 aliphatic rings. The highest BCUT2D eigenvalue weighted by molar-refractivity contribution is 5.61. The lowest BCUT2D eigenvalue weighted by atomic mass is 9.91. The number of nitrogens with one attached hydrogen (secondary N) is 1. The van der Waals surface area contributed by atoms with Crippen LogP contribution in [-0.4, -0.2) is 45.4 Å². The van der Waals surface area contributed by atoms with E-state index in [1.54, 1.807) is 0 Å². The van der Waals surface area contributed by atoms with Crippen LogP contribution in [0.15, 0.2) is 0 Å². The number of hydrogen-bond donors (Lipinski definition) is 3. The van der Waals surface area contributed by atoms with Crippen molar-refractivity contribution in [3.63, 3.8) is 0 Å². The summed E-state index contributed by atoms with van der Waals surface area (Å²) >= 11 is 0. The van der Waals surface area contributed by atoms with Crippen molar-refractivity contribution >= 4 is 17.5 Å². The summed E-state index contributed by atoms with van der Waals surface area (Å²) in [5.74, 6) is -0.00769. The Hall–Kier alpha value is -2.00. The Bertz CT molecular complexity index is 516. The number of nitro groups is 1. The Labute approximate surface area is 115 Å². The summed E-state index contributed by atoms with van der Waals surface area (Å²) in [4.78, 5) is 18.3. The smallest absolute Gasteiger partial charge is 0.332 e. The molecule has 4 N–H and O–H groups in total. The van der Waals surface area contributed by atoms with Crippen molar-refractivity contribution in [2.75, 3.05) is 30.9 Å². The van der Waals surface area contributed by atoms with Gasteiger partial charge >= 0.3 is 5.69 Å². The molecule has 2 heterocycles. The Morgan fingerprint density at radius 2 is 2.15 bits per heavy atom. The predicted molar refractivity (Wildman–Crippen MR) is 71.3 cm³/mol. The maximum absolute atomic E-state index is 11.1. The molecule has 1 saturated heterocycles. The molecule has 0 bridgehead atoms. The number of aromatic nitrogens is 2. The van der Waals surface area contributed by atoms with Crippen molar-refractivity contribution in [3.8, 4) is 0 Å². The first-order valence-corrected chi connectivity index (χ1v) is 6.23. The number of rotatable bonds is 4. The minimum Gasteiger partial charge on any atom is -0.394 e. The van der Waals surface area contributed by atoms with Gasteiger partial charge in [0.25, 0.3) is 0 Å². The number of nitrogens with zero attached hydrogens (tertiary/aromatic N) is 3. The van der Waals surface area contributed by atoms with Crippen molar-refractivity contribution in [2.45, 2.75) is 25.3 Å². The second-order valence-electron chi connectivity index (χ2n) is 4.80. The van der Waals surface area contributed by atoms with Crippen molar-refractivity contribution < 1.29 is 14.8 Å². The largest absolute Gasteiger partial charge is 0.394 e. The van der Waals surface area contributed by atoms with E-state index in [0.29, 0.717) is 26.1 Å². The number of hydrogen-bond acceptors (Lipinski definition) is 8. The van der Waals surface area contributed by atoms with Gasteiger partial charge < -0.3 is 20.9 Å². The van der Waals surface area contributed by atoms with Crippen LogP contribution in [0.2, 0.25) is 0 Å². The molecule has 1 aliphatic heterocycles. The van der Waals surface area contributed by atoms with Crippen LogP contribution in [0.25, 0.3) is 0 Å². The third kappa shape index (κ3) is 2.78. The van der Waals surface area contributed by atoms with Crippen LogP contribution in [0.1, 0.15) is 18.5 Å². The van der Waals surface area contributed by atoms with E-state index < -0.39 is 10.5 Å². The van der Waals surface area contributed by atoms with E-state index in [9.17, 15) is 15.2 Å². The Kier molecular flexibility index (Phi) is 4.00. The summed E-state index contributed by atoms with van der Waals surface area (Å²) in [6.45, 7) is 2.27. The van der Waals surface area contributed by atoms with Crippen LogP contribution in [0.3, 0.4) is 0 Å². The van der Waals surface area contributed by atoms with Crippen molar-refractivity contribution in [3.05, 3.63) is 15.8 Å². The third-order valence-electron chi connectivity index (χ3n) is 3.39. The Balaban J connectivity index is 2.38. The first-order chi connectivity index (χ1) is 9.47. The number of nitrogens with two attached hydrogens (primary N) is 1. The normalized spacial score (nSPS) is 17.7. The van der Waals surface area contributed by atoms with E-state index in [1.165, 1.54) is 6.92 Å². The molecular weight excluding hydrogens is 266 g/mol. The molecule has 9 nitrogen and oxygen atoms in total. The van der Waals surface area contributed by atoms with Crippen LogP contribution in [0, 0.1) is 17.0 Å². The molecule has 1 fully saturated rings. The summed E-state index contributed by atoms with van der Waals surface area (Å²) in [6.07, 6.45) is 1.06. The summed E-state index contributed by atoms with van der Waals surface area (Å²) in [5.41, 5.74) is 4.82. The average molecular weight is 283 g/mol. The van der Waals surface area contributed by atoms with Crippen LogP contribution in [0.5, 0.6) is 0 Å². The SMILES string of the molecule is Cc1nc(N)nc(NC2(CO)CCOCC2)c1[N+](=O)[O-]. The van der Waals surface area contributed by atoms with E-state index in [1.807, 2.05) is 0 Å². The van der Waals surface area contributed by atoms with Gasteiger partial charge in [-0.05, 0) is 19.8 Å². The molecule has 0 saturated carbocycles. The fraction of sp³-hybridized carbons (Fsp3) is 0.636. The highest BCUT2D eigenvalue weighted by Crippen LogP contribution is 2.31. The van der Waals surface area contributed by atoms with Crippen LogP contribution in [-0.2, 0) is 4.74 Å². The molecule has 20 heavy (non-hydrogen) atoms. The van der Waals surface area contributed by atoms with E-state index in [0.717, 1.165) is 0 Å². The maximum atomic E-state index is 11.1. The number of anilines is 2. The number of aliphatic hydroxyl groups is 1. The van der Waals surface area contributed by atoms with Crippen molar-refractivity contribution in [2.24, 2.45) is 0 Å². The highest BCUT2D eigenvalue weighted by Gasteiger charge is 2.35. The van der Waals surface area contributed by atoms with E-state index in [-0.39, 0.29) is 29.8 Å². The first kappa shape index (κ1) is 14.4. The molecule has 1 aromatic rings. The fourth-order valence-corrected chi connectivity index (χ4v) is 2.23. The topological polar surface area (TPSA) is 136 Å². The summed E-state index contributed by atoms with van der Waals surface area (Å²) in [7, 11) is 0. The zero-order chi connectivity index (χ0) is 14.8. The van der Waals surface area contributed by atoms with Crippen LogP contribution in [0.4, 0.5) is 17.5 Å². The van der Waals surface area contributed by atoms with E-state index in [2.05, 4.69) is 15.3 Å². The monoisotopic (exact) mass is 283 g/mol. The molecule has 1 aromatic heterocycles. The molecule has 0 unspecified atom stereocenters. The molecular formula is C11H17N5O4. The fourth-order valence-electron chi connectivity index (χ4n) is 2.23. The number of aliphatic hydroxyl groups excluding tert-OH is 1. The van der Waals surface area contributed by atoms with Gasteiger partial charge in [-0.2, -0.15) is 4.98 Å². The van der Waals surface area contributed by atoms with Gasteiger partial charge in [0.2, 0.25) is 11.8 Å². The Morgan fingerprint density at radius 3 is 2.70 bits per heavy atom. The van der Waals surface area contributed by atoms with Gasteiger partial charge in [0.1, 0.15) is 5.69 Å². The Morgan fingerprint density at radius 1 is 1.50 bits per heavy atom. The second-order valence-corrected chi connectivity index (χ2v) is 4.80. The lowest BCUT2D eigenvalue weighted by Gasteiger charge is -2.36. The number of aryl methyl sites for hydroxylation is 1. The van der Waals surface area contributed by atoms with E-state index >= 15 is 0 Å². The quantitative estimate of drug-likeness (QED) is 0.527. The van der Waals surface area contributed by atoms with Crippen LogP contribution < -0.4 is 11.1 Å². The average Bonchev–Trinajstić information content (AvgIpc) is 2.38. The number of nitrogen functional groups attached to an aromatic ring is 1. The van der Waals surface area contributed by atoms with Gasteiger partial charge in [-0.25, -0.2) is 4.98 Å². The van der Waals surface area contributed by atoms with Gasteiger partial charge in [0, 0.05) is 13.2 Å². The molecule has 2 rings (SSSR count). The molecule has 9 heteroatoms. The third-order valence-corrected chi connectivity index (χ3v) is 3.39. The lowest BCUT2D eigenvalue weighted by Crippen LogP contribution is -2.47. The standard InChI is InChI=1S/C11H17N5O4/c1-7-8(16(18)19)9(14-10(12)13-7)15-11(6-17)2-4-20-5-3-11/h17H,2-6H2,1H3,(H3,12,13,14,15). The molecule has 0 atom stereocenters. The predicted octanol–water partition coefficient (Wildman–Crippen LogP) is 0.229. The minimum atomic E-state index is -0.684. The summed E-state index contributed by atoms with van der Waals surface area (Å²) in [6, 6.07) is 0. The lowest BCUT2D eigenvalue weighted by molar-refractivity contribution is -0.385. The maximum Gasteiger partial charge on any atom is 0.332 e. The summed E-state index contributed by atoms with van der Waals surface area (Å²) < 4.78 is 5.25. The molecule has 0 amide bonds. The molecule has 0 spiro atoms. The summed E-state index contributed by atoms with van der Waals surface area (Å²) in [5, 5.41) is 23.7. The van der Waals surface area contributed by atoms with Gasteiger partial charge in [0.15, 0.2) is 0 Å². The zero-order valence-electron chi connectivity index (χ0n) is 11.1. The highest BCUT2D eigenvalue weighted by atomic mass is 16.6. The van der Waals surface area contributed by atoms with E-state index in [4.69, 9.17) is 10.5 Å². The van der Waals surface area contributed by atoms with Crippen LogP contribution >= 0.6 is 0 Å². The first-order valence-electron chi connectivity index (χ1n) is 6.23. The zero-order valence-corrected chi connectivity index (χ0v) is 11.1. The van der Waals surface area contributed by atoms with Gasteiger partial charge in [-0.3, -0.25) is 10.1 Å². The van der Waals surface area contributed by atoms with Gasteiger partial charge in [-0.1, -0.05) is 0 Å². The van der Waals surface area contributed by atoms with Gasteiger partial charge in [0.05, 0.1) is 17.1 Å².